The van der Waals surface area contributed by atoms with E-state index in [1.807, 2.05) is 6.07 Å². The van der Waals surface area contributed by atoms with Crippen LogP contribution in [0.3, 0.4) is 0 Å². The number of nitrogens with one attached hydrogen (secondary N) is 4. The van der Waals surface area contributed by atoms with Gasteiger partial charge in [0.1, 0.15) is 11.4 Å². The first-order valence-corrected chi connectivity index (χ1v) is 9.95. The van der Waals surface area contributed by atoms with Gasteiger partial charge >= 0.3 is 0 Å². The number of likely N-dealkylation sites (tertiary alicyclic amines) is 1. The van der Waals surface area contributed by atoms with E-state index < -0.39 is 0 Å². The molecule has 1 aliphatic heterocycles. The summed E-state index contributed by atoms with van der Waals surface area (Å²) in [7, 11) is 0. The quantitative estimate of drug-likeness (QED) is 0.498. The molecule has 0 spiro atoms. The lowest BCUT2D eigenvalue weighted by Crippen LogP contribution is -2.28. The van der Waals surface area contributed by atoms with Crippen molar-refractivity contribution in [2.45, 2.75) is 19.9 Å². The molecular formula is C19H22Cl2N6O2. The summed E-state index contributed by atoms with van der Waals surface area (Å²) in [5.74, 6) is 0.572. The number of rotatable bonds is 7. The number of hydrogen-bond donors (Lipinski definition) is 4. The van der Waals surface area contributed by atoms with Crippen LogP contribution >= 0.6 is 23.2 Å². The van der Waals surface area contributed by atoms with Gasteiger partial charge in [-0.25, -0.2) is 4.98 Å². The zero-order chi connectivity index (χ0) is 21.0. The molecule has 0 radical (unpaired) electrons. The molecule has 1 saturated heterocycles. The van der Waals surface area contributed by atoms with E-state index in [2.05, 4.69) is 20.6 Å². The van der Waals surface area contributed by atoms with E-state index in [0.717, 1.165) is 24.7 Å². The van der Waals surface area contributed by atoms with Crippen LogP contribution in [0, 0.1) is 11.3 Å². The molecule has 1 aliphatic rings. The van der Waals surface area contributed by atoms with Gasteiger partial charge in [-0.2, -0.15) is 0 Å². The monoisotopic (exact) mass is 436 g/mol. The van der Waals surface area contributed by atoms with E-state index in [1.54, 1.807) is 24.0 Å². The normalized spacial score (nSPS) is 16.0. The third-order valence-corrected chi connectivity index (χ3v) is 5.57. The van der Waals surface area contributed by atoms with Crippen LogP contribution in [0.1, 0.15) is 24.6 Å². The van der Waals surface area contributed by atoms with E-state index in [9.17, 15) is 9.59 Å². The lowest BCUT2D eigenvalue weighted by molar-refractivity contribution is -0.127. The van der Waals surface area contributed by atoms with Crippen molar-refractivity contribution in [1.82, 2.24) is 14.9 Å². The van der Waals surface area contributed by atoms with Gasteiger partial charge in [-0.1, -0.05) is 29.3 Å². The lowest BCUT2D eigenvalue weighted by Gasteiger charge is -2.15. The van der Waals surface area contributed by atoms with Crippen LogP contribution in [0.5, 0.6) is 0 Å². The number of nitrogens with zero attached hydrogens (tertiary/aromatic N) is 2. The molecule has 29 heavy (non-hydrogen) atoms. The van der Waals surface area contributed by atoms with Crippen LogP contribution in [0.15, 0.2) is 23.0 Å². The molecule has 0 bridgehead atoms. The third kappa shape index (κ3) is 5.27. The smallest absolute Gasteiger partial charge is 0.276 e. The molecule has 8 nitrogen and oxygen atoms in total. The van der Waals surface area contributed by atoms with Crippen molar-refractivity contribution in [1.29, 1.82) is 5.41 Å². The Morgan fingerprint density at radius 1 is 1.38 bits per heavy atom. The molecule has 3 rings (SSSR count). The van der Waals surface area contributed by atoms with Gasteiger partial charge in [0, 0.05) is 39.3 Å². The van der Waals surface area contributed by atoms with Crippen LogP contribution in [0.25, 0.3) is 0 Å². The van der Waals surface area contributed by atoms with Crippen molar-refractivity contribution in [3.63, 3.8) is 0 Å². The minimum Gasteiger partial charge on any atom is -0.378 e. The molecule has 1 aromatic heterocycles. The minimum atomic E-state index is -0.364. The summed E-state index contributed by atoms with van der Waals surface area (Å²) in [5.41, 5.74) is 1.00. The number of halogens is 2. The number of carbonyl (C=O) groups is 1. The molecule has 10 heteroatoms. The molecule has 1 unspecified atom stereocenters. The summed E-state index contributed by atoms with van der Waals surface area (Å²) in [6.45, 7) is 3.86. The first-order chi connectivity index (χ1) is 13.9. The van der Waals surface area contributed by atoms with E-state index in [0.29, 0.717) is 29.7 Å². The average molecular weight is 437 g/mol. The highest BCUT2D eigenvalue weighted by molar-refractivity contribution is 6.42. The summed E-state index contributed by atoms with van der Waals surface area (Å²) in [4.78, 5) is 32.7. The number of aromatic nitrogens is 2. The van der Waals surface area contributed by atoms with Crippen molar-refractivity contribution in [3.05, 3.63) is 49.9 Å². The first kappa shape index (κ1) is 21.1. The summed E-state index contributed by atoms with van der Waals surface area (Å²) in [5, 5.41) is 14.6. The fourth-order valence-corrected chi connectivity index (χ4v) is 3.54. The fourth-order valence-electron chi connectivity index (χ4n) is 3.22. The molecule has 1 amide bonds. The Morgan fingerprint density at radius 2 is 2.17 bits per heavy atom. The number of carbonyl (C=O) groups excluding carboxylic acids is 1. The molecule has 2 heterocycles. The number of aromatic amines is 1. The fraction of sp³-hybridized carbons (Fsp3) is 0.368. The van der Waals surface area contributed by atoms with E-state index in [-0.39, 0.29) is 34.7 Å². The number of anilines is 2. The van der Waals surface area contributed by atoms with Crippen molar-refractivity contribution in [2.24, 2.45) is 5.92 Å². The molecule has 1 atom stereocenters. The van der Waals surface area contributed by atoms with Gasteiger partial charge < -0.3 is 20.9 Å². The second kappa shape index (κ2) is 9.28. The predicted octanol–water partition coefficient (Wildman–Crippen LogP) is 2.97. The Bertz CT molecular complexity index is 978. The highest BCUT2D eigenvalue weighted by Crippen LogP contribution is 2.23. The van der Waals surface area contributed by atoms with Crippen LogP contribution in [-0.2, 0) is 11.3 Å². The van der Waals surface area contributed by atoms with Gasteiger partial charge in [-0.3, -0.25) is 14.6 Å². The van der Waals surface area contributed by atoms with Crippen LogP contribution in [0.4, 0.5) is 11.6 Å². The van der Waals surface area contributed by atoms with Gasteiger partial charge in [0.25, 0.3) is 5.56 Å². The SMILES string of the molecule is CC(=O)N1CCC(CNc2c(C=N)nc(NCc3ccc(Cl)c(Cl)c3)[nH]c2=O)C1. The molecule has 0 saturated carbocycles. The maximum atomic E-state index is 12.5. The second-order valence-corrected chi connectivity index (χ2v) is 7.74. The topological polar surface area (TPSA) is 114 Å². The molecule has 154 valence electrons. The Balaban J connectivity index is 1.65. The standard InChI is InChI=1S/C19H22Cl2N6O2/c1-11(28)27-5-4-13(10-27)9-23-17-16(7-22)25-19(26-18(17)29)24-8-12-2-3-14(20)15(21)6-12/h2-3,6-7,13,22-23H,4-5,8-10H2,1H3,(H2,24,25,26,29). The third-order valence-electron chi connectivity index (χ3n) is 4.83. The summed E-state index contributed by atoms with van der Waals surface area (Å²) in [6.07, 6.45) is 1.92. The van der Waals surface area contributed by atoms with Crippen molar-refractivity contribution in [2.75, 3.05) is 30.3 Å². The number of benzene rings is 1. The van der Waals surface area contributed by atoms with Gasteiger partial charge in [-0.15, -0.1) is 0 Å². The molecule has 2 aromatic rings. The molecule has 0 aliphatic carbocycles. The zero-order valence-electron chi connectivity index (χ0n) is 15.9. The maximum Gasteiger partial charge on any atom is 0.276 e. The number of hydrogen-bond acceptors (Lipinski definition) is 6. The second-order valence-electron chi connectivity index (χ2n) is 6.92. The number of H-pyrrole nitrogens is 1. The van der Waals surface area contributed by atoms with E-state index in [4.69, 9.17) is 28.6 Å². The van der Waals surface area contributed by atoms with Crippen molar-refractivity contribution >= 4 is 47.0 Å². The highest BCUT2D eigenvalue weighted by atomic mass is 35.5. The highest BCUT2D eigenvalue weighted by Gasteiger charge is 2.24. The first-order valence-electron chi connectivity index (χ1n) is 9.19. The van der Waals surface area contributed by atoms with Crippen LogP contribution in [0.2, 0.25) is 10.0 Å². The Hall–Kier alpha value is -2.58. The van der Waals surface area contributed by atoms with Crippen molar-refractivity contribution < 1.29 is 4.79 Å². The lowest BCUT2D eigenvalue weighted by atomic mass is 10.1. The Labute approximate surface area is 178 Å². The molecule has 1 fully saturated rings. The largest absolute Gasteiger partial charge is 0.378 e. The molecule has 4 N–H and O–H groups in total. The van der Waals surface area contributed by atoms with Gasteiger partial charge in [0.05, 0.1) is 10.0 Å². The Morgan fingerprint density at radius 3 is 2.83 bits per heavy atom. The van der Waals surface area contributed by atoms with Crippen LogP contribution < -0.4 is 16.2 Å². The van der Waals surface area contributed by atoms with Gasteiger partial charge in [0.2, 0.25) is 11.9 Å². The average Bonchev–Trinajstić information content (AvgIpc) is 3.17. The predicted molar refractivity (Wildman–Crippen MR) is 115 cm³/mol. The van der Waals surface area contributed by atoms with Crippen LogP contribution in [-0.4, -0.2) is 46.6 Å². The zero-order valence-corrected chi connectivity index (χ0v) is 17.4. The maximum absolute atomic E-state index is 12.5. The minimum absolute atomic E-state index is 0.0598. The summed E-state index contributed by atoms with van der Waals surface area (Å²) < 4.78 is 0. The van der Waals surface area contributed by atoms with Gasteiger partial charge in [-0.05, 0) is 30.0 Å². The Kier molecular flexibility index (Phi) is 6.76. The molecule has 1 aromatic carbocycles. The number of amides is 1. The van der Waals surface area contributed by atoms with E-state index in [1.165, 1.54) is 0 Å². The van der Waals surface area contributed by atoms with Crippen molar-refractivity contribution in [3.8, 4) is 0 Å². The van der Waals surface area contributed by atoms with E-state index >= 15 is 0 Å². The molecular weight excluding hydrogens is 415 g/mol. The van der Waals surface area contributed by atoms with Gasteiger partial charge in [0.15, 0.2) is 0 Å². The summed E-state index contributed by atoms with van der Waals surface area (Å²) >= 11 is 11.9. The summed E-state index contributed by atoms with van der Waals surface area (Å²) in [6, 6.07) is 5.25.